The number of fused-ring (bicyclic) bond motifs is 3. The molecule has 3 aliphatic carbocycles. The molecule has 3 saturated heterocycles. The third kappa shape index (κ3) is 2.89. The molecule has 7 heteroatoms. The molecule has 1 N–H and O–H groups in total. The van der Waals surface area contributed by atoms with E-state index >= 15 is 0 Å². The molecule has 6 rings (SSSR count). The monoisotopic (exact) mass is 392 g/mol. The van der Waals surface area contributed by atoms with E-state index in [1.807, 2.05) is 0 Å². The highest BCUT2D eigenvalue weighted by Crippen LogP contribution is 2.51. The van der Waals surface area contributed by atoms with Gasteiger partial charge in [-0.3, -0.25) is 9.59 Å². The van der Waals surface area contributed by atoms with Gasteiger partial charge in [0.05, 0.1) is 48.5 Å². The van der Waals surface area contributed by atoms with Gasteiger partial charge in [0.1, 0.15) is 6.10 Å². The Morgan fingerprint density at radius 2 is 1.32 bits per heavy atom. The maximum absolute atomic E-state index is 13.1. The van der Waals surface area contributed by atoms with Crippen LogP contribution in [0.3, 0.4) is 0 Å². The van der Waals surface area contributed by atoms with Gasteiger partial charge in [-0.25, -0.2) is 0 Å². The van der Waals surface area contributed by atoms with E-state index in [2.05, 4.69) is 0 Å². The quantitative estimate of drug-likeness (QED) is 0.563. The van der Waals surface area contributed by atoms with Crippen LogP contribution >= 0.6 is 0 Å². The molecule has 154 valence electrons. The van der Waals surface area contributed by atoms with Crippen LogP contribution in [-0.2, 0) is 28.5 Å². The molecular weight excluding hydrogens is 364 g/mol. The Balaban J connectivity index is 1.17. The van der Waals surface area contributed by atoms with Crippen LogP contribution in [-0.4, -0.2) is 59.8 Å². The maximum atomic E-state index is 13.1. The third-order valence-electron chi connectivity index (χ3n) is 8.00. The van der Waals surface area contributed by atoms with Crippen molar-refractivity contribution in [1.29, 1.82) is 0 Å². The lowest BCUT2D eigenvalue weighted by molar-refractivity contribution is -0.164. The molecule has 0 aromatic heterocycles. The van der Waals surface area contributed by atoms with Crippen molar-refractivity contribution >= 4 is 11.9 Å². The summed E-state index contributed by atoms with van der Waals surface area (Å²) in [5.74, 6) is -1.31. The average molecular weight is 392 g/mol. The van der Waals surface area contributed by atoms with Crippen LogP contribution in [0, 0.1) is 23.7 Å². The van der Waals surface area contributed by atoms with Gasteiger partial charge in [-0.2, -0.15) is 0 Å². The molecule has 0 bridgehead atoms. The Kier molecular flexibility index (Phi) is 4.04. The predicted molar refractivity (Wildman–Crippen MR) is 94.4 cm³/mol. The predicted octanol–water partition coefficient (Wildman–Crippen LogP) is 1.91. The summed E-state index contributed by atoms with van der Waals surface area (Å²) in [6.07, 6.45) is 8.00. The van der Waals surface area contributed by atoms with Gasteiger partial charge >= 0.3 is 11.9 Å². The summed E-state index contributed by atoms with van der Waals surface area (Å²) in [6, 6.07) is 0. The first-order valence-corrected chi connectivity index (χ1v) is 11.0. The molecule has 0 amide bonds. The van der Waals surface area contributed by atoms with Crippen molar-refractivity contribution in [3.8, 4) is 0 Å². The molecule has 0 aromatic carbocycles. The van der Waals surface area contributed by atoms with Gasteiger partial charge in [0.15, 0.2) is 0 Å². The van der Waals surface area contributed by atoms with Crippen LogP contribution in [0.15, 0.2) is 0 Å². The minimum atomic E-state index is -0.824. The molecule has 28 heavy (non-hydrogen) atoms. The molecular formula is C21H28O7. The number of esters is 1. The summed E-state index contributed by atoms with van der Waals surface area (Å²) in [6.45, 7) is 0. The molecule has 0 radical (unpaired) electrons. The van der Waals surface area contributed by atoms with Crippen molar-refractivity contribution in [2.75, 3.05) is 0 Å². The Hall–Kier alpha value is -1.18. The molecule has 10 atom stereocenters. The van der Waals surface area contributed by atoms with Crippen LogP contribution < -0.4 is 0 Å². The van der Waals surface area contributed by atoms with Crippen LogP contribution in [0.25, 0.3) is 0 Å². The van der Waals surface area contributed by atoms with Crippen molar-refractivity contribution in [3.63, 3.8) is 0 Å². The minimum absolute atomic E-state index is 0.146. The lowest BCUT2D eigenvalue weighted by Crippen LogP contribution is -2.44. The highest BCUT2D eigenvalue weighted by Gasteiger charge is 2.60. The second-order valence-corrected chi connectivity index (χ2v) is 9.56. The SMILES string of the molecule is O=C(O)C1CCC(C(=O)OC(C2CCCC3OC32)C2CCCC3OC32)C2OC12. The highest BCUT2D eigenvalue weighted by atomic mass is 16.6. The minimum Gasteiger partial charge on any atom is -0.481 e. The van der Waals surface area contributed by atoms with Crippen molar-refractivity contribution in [2.45, 2.75) is 94.1 Å². The third-order valence-corrected chi connectivity index (χ3v) is 8.00. The normalized spacial score (nSPS) is 51.7. The van der Waals surface area contributed by atoms with Crippen molar-refractivity contribution in [3.05, 3.63) is 0 Å². The Morgan fingerprint density at radius 3 is 1.93 bits per heavy atom. The fourth-order valence-electron chi connectivity index (χ4n) is 6.37. The zero-order valence-electron chi connectivity index (χ0n) is 15.9. The van der Waals surface area contributed by atoms with Gasteiger partial charge < -0.3 is 24.1 Å². The van der Waals surface area contributed by atoms with Crippen LogP contribution in [0.1, 0.15) is 51.4 Å². The number of hydrogen-bond acceptors (Lipinski definition) is 6. The summed E-state index contributed by atoms with van der Waals surface area (Å²) in [5.41, 5.74) is 0. The van der Waals surface area contributed by atoms with Crippen LogP contribution in [0.5, 0.6) is 0 Å². The summed E-state index contributed by atoms with van der Waals surface area (Å²) in [4.78, 5) is 24.4. The molecule has 0 spiro atoms. The van der Waals surface area contributed by atoms with Crippen LogP contribution in [0.4, 0.5) is 0 Å². The summed E-state index contributed by atoms with van der Waals surface area (Å²) in [7, 11) is 0. The molecule has 0 aromatic rings. The van der Waals surface area contributed by atoms with Gasteiger partial charge in [-0.1, -0.05) is 12.8 Å². The Morgan fingerprint density at radius 1 is 0.750 bits per heavy atom. The van der Waals surface area contributed by atoms with Crippen molar-refractivity contribution in [2.24, 2.45) is 23.7 Å². The van der Waals surface area contributed by atoms with Crippen LogP contribution in [0.2, 0.25) is 0 Å². The van der Waals surface area contributed by atoms with Crippen molar-refractivity contribution in [1.82, 2.24) is 0 Å². The lowest BCUT2D eigenvalue weighted by atomic mass is 9.75. The maximum Gasteiger partial charge on any atom is 0.311 e. The first kappa shape index (κ1) is 17.7. The van der Waals surface area contributed by atoms with E-state index in [0.717, 1.165) is 38.5 Å². The van der Waals surface area contributed by atoms with E-state index in [4.69, 9.17) is 18.9 Å². The fourth-order valence-corrected chi connectivity index (χ4v) is 6.37. The Labute approximate surface area is 164 Å². The second kappa shape index (κ2) is 6.41. The zero-order chi connectivity index (χ0) is 19.0. The number of carboxylic acid groups (broad SMARTS) is 1. The van der Waals surface area contributed by atoms with Gasteiger partial charge in [-0.05, 0) is 38.5 Å². The van der Waals surface area contributed by atoms with Gasteiger partial charge in [-0.15, -0.1) is 0 Å². The van der Waals surface area contributed by atoms with Crippen molar-refractivity contribution < 1.29 is 33.6 Å². The number of aliphatic carboxylic acids is 1. The lowest BCUT2D eigenvalue weighted by Gasteiger charge is -2.36. The number of carbonyl (C=O) groups excluding carboxylic acids is 1. The molecule has 3 saturated carbocycles. The number of hydrogen-bond donors (Lipinski definition) is 1. The highest BCUT2D eigenvalue weighted by molar-refractivity contribution is 5.77. The Bertz CT molecular complexity index is 652. The largest absolute Gasteiger partial charge is 0.481 e. The molecule has 3 aliphatic heterocycles. The van der Waals surface area contributed by atoms with E-state index in [-0.39, 0.29) is 54.2 Å². The second-order valence-electron chi connectivity index (χ2n) is 9.56. The number of rotatable bonds is 5. The summed E-state index contributed by atoms with van der Waals surface area (Å²) >= 11 is 0. The topological polar surface area (TPSA) is 101 Å². The summed E-state index contributed by atoms with van der Waals surface area (Å²) in [5, 5.41) is 9.29. The van der Waals surface area contributed by atoms with E-state index in [1.165, 1.54) is 0 Å². The number of epoxide rings is 3. The summed E-state index contributed by atoms with van der Waals surface area (Å²) < 4.78 is 23.6. The first-order chi connectivity index (χ1) is 13.6. The fraction of sp³-hybridized carbons (Fsp3) is 0.905. The average Bonchev–Trinajstić information content (AvgIpc) is 3.55. The van der Waals surface area contributed by atoms with Gasteiger partial charge in [0, 0.05) is 11.8 Å². The number of ether oxygens (including phenoxy) is 4. The molecule has 6 fully saturated rings. The number of carboxylic acids is 1. The zero-order valence-corrected chi connectivity index (χ0v) is 15.9. The van der Waals surface area contributed by atoms with Gasteiger partial charge in [0.2, 0.25) is 0 Å². The van der Waals surface area contributed by atoms with E-state index < -0.39 is 11.9 Å². The first-order valence-electron chi connectivity index (χ1n) is 11.0. The van der Waals surface area contributed by atoms with E-state index in [1.54, 1.807) is 0 Å². The number of carbonyl (C=O) groups is 2. The molecule has 7 nitrogen and oxygen atoms in total. The standard InChI is InChI=1S/C21H28O7/c22-20(23)11-7-8-12(19-18(11)27-19)21(24)28-15(9-3-1-5-13-16(9)25-13)10-4-2-6-14-17(10)26-14/h9-19H,1-8H2,(H,22,23). The van der Waals surface area contributed by atoms with Gasteiger partial charge in [0.25, 0.3) is 0 Å². The molecule has 10 unspecified atom stereocenters. The molecule has 3 heterocycles. The smallest absolute Gasteiger partial charge is 0.311 e. The van der Waals surface area contributed by atoms with E-state index in [0.29, 0.717) is 25.0 Å². The molecule has 6 aliphatic rings. The van der Waals surface area contributed by atoms with E-state index in [9.17, 15) is 14.7 Å².